The Morgan fingerprint density at radius 2 is 1.81 bits per heavy atom. The fraction of sp³-hybridized carbons (Fsp3) is 0.294. The summed E-state index contributed by atoms with van der Waals surface area (Å²) in [5.41, 5.74) is 1.50. The molecule has 1 aromatic heterocycles. The van der Waals surface area contributed by atoms with E-state index < -0.39 is 12.8 Å². The monoisotopic (exact) mass is 514 g/mol. The average Bonchev–Trinajstić information content (AvgIpc) is 2.61. The van der Waals surface area contributed by atoms with Gasteiger partial charge in [0, 0.05) is 36.9 Å². The van der Waals surface area contributed by atoms with Gasteiger partial charge in [-0.05, 0) is 23.8 Å². The molecule has 2 rings (SSSR count). The highest BCUT2D eigenvalue weighted by atomic mass is 127. The molecule has 2 N–H and O–H groups in total. The minimum atomic E-state index is -4.42. The first kappa shape index (κ1) is 23.3. The molecule has 0 aliphatic carbocycles. The summed E-state index contributed by atoms with van der Waals surface area (Å²) in [5, 5.41) is 6.77. The molecule has 1 aromatic carbocycles. The summed E-state index contributed by atoms with van der Waals surface area (Å²) < 4.78 is 41.7. The van der Waals surface area contributed by atoms with Crippen molar-refractivity contribution in [3.05, 3.63) is 58.7 Å². The SMILES string of the molecule is CN=C(NCc1ccc(Cl)cc1)NCc1cccnc1OCC(F)(F)F.I. The third kappa shape index (κ3) is 8.65. The normalized spacial score (nSPS) is 11.5. The van der Waals surface area contributed by atoms with E-state index in [4.69, 9.17) is 16.3 Å². The number of aliphatic imine (C=N–C) groups is 1. The molecule has 10 heteroatoms. The molecule has 1 heterocycles. The lowest BCUT2D eigenvalue weighted by Crippen LogP contribution is -2.36. The number of pyridine rings is 1. The van der Waals surface area contributed by atoms with Crippen LogP contribution in [0, 0.1) is 0 Å². The number of aromatic nitrogens is 1. The molecule has 0 aliphatic rings. The van der Waals surface area contributed by atoms with Crippen molar-refractivity contribution in [2.75, 3.05) is 13.7 Å². The largest absolute Gasteiger partial charge is 0.468 e. The molecule has 0 saturated carbocycles. The smallest absolute Gasteiger partial charge is 0.422 e. The van der Waals surface area contributed by atoms with Crippen LogP contribution in [0.2, 0.25) is 5.02 Å². The first-order valence-corrected chi connectivity index (χ1v) is 8.07. The molecule has 0 amide bonds. The van der Waals surface area contributed by atoms with E-state index in [0.29, 0.717) is 23.1 Å². The number of rotatable bonds is 6. The van der Waals surface area contributed by atoms with Crippen molar-refractivity contribution >= 4 is 41.5 Å². The zero-order valence-electron chi connectivity index (χ0n) is 14.4. The third-order valence-electron chi connectivity index (χ3n) is 3.27. The van der Waals surface area contributed by atoms with Crippen molar-refractivity contribution in [1.29, 1.82) is 0 Å². The minimum Gasteiger partial charge on any atom is -0.468 e. The van der Waals surface area contributed by atoms with Crippen LogP contribution < -0.4 is 15.4 Å². The summed E-state index contributed by atoms with van der Waals surface area (Å²) in [6.45, 7) is -0.664. The Balaban J connectivity index is 0.00000364. The van der Waals surface area contributed by atoms with Gasteiger partial charge >= 0.3 is 6.18 Å². The van der Waals surface area contributed by atoms with Crippen LogP contribution in [0.15, 0.2) is 47.6 Å². The molecule has 0 fully saturated rings. The van der Waals surface area contributed by atoms with Gasteiger partial charge in [-0.1, -0.05) is 29.8 Å². The zero-order chi connectivity index (χ0) is 19.0. The van der Waals surface area contributed by atoms with Crippen LogP contribution >= 0.6 is 35.6 Å². The molecule has 0 aliphatic heterocycles. The number of nitrogens with one attached hydrogen (secondary N) is 2. The van der Waals surface area contributed by atoms with Crippen molar-refractivity contribution in [2.45, 2.75) is 19.3 Å². The van der Waals surface area contributed by atoms with E-state index in [1.54, 1.807) is 31.3 Å². The lowest BCUT2D eigenvalue weighted by molar-refractivity contribution is -0.154. The summed E-state index contributed by atoms with van der Waals surface area (Å²) in [6, 6.07) is 10.6. The van der Waals surface area contributed by atoms with Crippen LogP contribution in [0.4, 0.5) is 13.2 Å². The lowest BCUT2D eigenvalue weighted by atomic mass is 10.2. The third-order valence-corrected chi connectivity index (χ3v) is 3.52. The molecule has 148 valence electrons. The Morgan fingerprint density at radius 1 is 1.15 bits per heavy atom. The number of hydrogen-bond acceptors (Lipinski definition) is 3. The van der Waals surface area contributed by atoms with Crippen molar-refractivity contribution in [2.24, 2.45) is 4.99 Å². The molecule has 27 heavy (non-hydrogen) atoms. The molecule has 0 bridgehead atoms. The van der Waals surface area contributed by atoms with Crippen molar-refractivity contribution in [3.63, 3.8) is 0 Å². The van der Waals surface area contributed by atoms with E-state index in [2.05, 4.69) is 20.6 Å². The van der Waals surface area contributed by atoms with Gasteiger partial charge in [0.25, 0.3) is 0 Å². The molecule has 0 spiro atoms. The Morgan fingerprint density at radius 3 is 2.44 bits per heavy atom. The van der Waals surface area contributed by atoms with Gasteiger partial charge in [0.05, 0.1) is 0 Å². The van der Waals surface area contributed by atoms with E-state index in [0.717, 1.165) is 5.56 Å². The maximum absolute atomic E-state index is 12.3. The summed E-state index contributed by atoms with van der Waals surface area (Å²) in [4.78, 5) is 7.93. The summed E-state index contributed by atoms with van der Waals surface area (Å²) in [7, 11) is 1.60. The Hall–Kier alpha value is -1.75. The molecular weight excluding hydrogens is 496 g/mol. The number of halogens is 5. The first-order valence-electron chi connectivity index (χ1n) is 7.70. The minimum absolute atomic E-state index is 0. The van der Waals surface area contributed by atoms with Crippen LogP contribution in [0.5, 0.6) is 5.88 Å². The summed E-state index contributed by atoms with van der Waals surface area (Å²) >= 11 is 5.84. The van der Waals surface area contributed by atoms with E-state index in [9.17, 15) is 13.2 Å². The number of nitrogens with zero attached hydrogens (tertiary/aromatic N) is 2. The second kappa shape index (κ2) is 11.2. The van der Waals surface area contributed by atoms with Crippen molar-refractivity contribution < 1.29 is 17.9 Å². The van der Waals surface area contributed by atoms with Crippen molar-refractivity contribution in [1.82, 2.24) is 15.6 Å². The standard InChI is InChI=1S/C17H18ClF3N4O.HI/c1-22-16(24-9-12-4-6-14(18)7-5-12)25-10-13-3-2-8-23-15(13)26-11-17(19,20)21;/h2-8H,9-11H2,1H3,(H2,22,24,25);1H. The van der Waals surface area contributed by atoms with E-state index >= 15 is 0 Å². The van der Waals surface area contributed by atoms with Crippen LogP contribution in [-0.4, -0.2) is 30.8 Å². The van der Waals surface area contributed by atoms with Crippen LogP contribution in [0.25, 0.3) is 0 Å². The second-order valence-electron chi connectivity index (χ2n) is 5.28. The fourth-order valence-electron chi connectivity index (χ4n) is 2.03. The van der Waals surface area contributed by atoms with E-state index in [1.165, 1.54) is 6.20 Å². The predicted octanol–water partition coefficient (Wildman–Crippen LogP) is 4.16. The van der Waals surface area contributed by atoms with Gasteiger partial charge in [-0.2, -0.15) is 13.2 Å². The molecule has 0 atom stereocenters. The molecule has 0 saturated heterocycles. The van der Waals surface area contributed by atoms with Gasteiger partial charge in [0.15, 0.2) is 12.6 Å². The lowest BCUT2D eigenvalue weighted by Gasteiger charge is -2.15. The number of ether oxygens (including phenoxy) is 1. The second-order valence-corrected chi connectivity index (χ2v) is 5.71. The highest BCUT2D eigenvalue weighted by molar-refractivity contribution is 14.0. The van der Waals surface area contributed by atoms with Crippen LogP contribution in [0.1, 0.15) is 11.1 Å². The predicted molar refractivity (Wildman–Crippen MR) is 110 cm³/mol. The average molecular weight is 515 g/mol. The maximum Gasteiger partial charge on any atom is 0.422 e. The molecule has 2 aromatic rings. The summed E-state index contributed by atoms with van der Waals surface area (Å²) in [6.07, 6.45) is -3.04. The van der Waals surface area contributed by atoms with Gasteiger partial charge in [-0.25, -0.2) is 4.98 Å². The van der Waals surface area contributed by atoms with Gasteiger partial charge in [-0.3, -0.25) is 4.99 Å². The van der Waals surface area contributed by atoms with Crippen LogP contribution in [-0.2, 0) is 13.1 Å². The van der Waals surface area contributed by atoms with E-state index in [-0.39, 0.29) is 36.4 Å². The van der Waals surface area contributed by atoms with Gasteiger partial charge in [-0.15, -0.1) is 24.0 Å². The topological polar surface area (TPSA) is 58.5 Å². The number of alkyl halides is 3. The molecule has 0 radical (unpaired) electrons. The van der Waals surface area contributed by atoms with Crippen molar-refractivity contribution in [3.8, 4) is 5.88 Å². The highest BCUT2D eigenvalue weighted by Gasteiger charge is 2.29. The fourth-order valence-corrected chi connectivity index (χ4v) is 2.15. The maximum atomic E-state index is 12.3. The van der Waals surface area contributed by atoms with Gasteiger partial charge in [0.1, 0.15) is 0 Å². The number of guanidine groups is 1. The molecule has 5 nitrogen and oxygen atoms in total. The number of hydrogen-bond donors (Lipinski definition) is 2. The Kier molecular flexibility index (Phi) is 9.64. The van der Waals surface area contributed by atoms with Gasteiger partial charge in [0.2, 0.25) is 5.88 Å². The number of benzene rings is 1. The van der Waals surface area contributed by atoms with Gasteiger partial charge < -0.3 is 15.4 Å². The molecular formula is C17H19ClF3IN4O. The van der Waals surface area contributed by atoms with Crippen LogP contribution in [0.3, 0.4) is 0 Å². The summed E-state index contributed by atoms with van der Waals surface area (Å²) in [5.74, 6) is 0.427. The Labute approximate surface area is 177 Å². The molecule has 0 unspecified atom stereocenters. The quantitative estimate of drug-likeness (QED) is 0.345. The first-order chi connectivity index (χ1) is 12.4. The highest BCUT2D eigenvalue weighted by Crippen LogP contribution is 2.19. The Bertz CT molecular complexity index is 742. The van der Waals surface area contributed by atoms with E-state index in [1.807, 2.05) is 12.1 Å². The zero-order valence-corrected chi connectivity index (χ0v) is 17.5.